The SMILES string of the molecule is COCCNc1nc2oc(-c3ccc(C4(NC(=O)O)CCC4)cc3)c(-c3ccccc3)c2c(=O)n1C. The van der Waals surface area contributed by atoms with E-state index < -0.39 is 11.6 Å². The molecule has 1 fully saturated rings. The zero-order valence-electron chi connectivity index (χ0n) is 20.2. The summed E-state index contributed by atoms with van der Waals surface area (Å²) in [4.78, 5) is 29.5. The summed E-state index contributed by atoms with van der Waals surface area (Å²) >= 11 is 0. The van der Waals surface area contributed by atoms with Crippen molar-refractivity contribution in [2.75, 3.05) is 25.6 Å². The maximum Gasteiger partial charge on any atom is 0.405 e. The number of nitrogens with zero attached hydrogens (tertiary/aromatic N) is 2. The molecule has 4 aromatic rings. The average Bonchev–Trinajstić information content (AvgIpc) is 3.24. The lowest BCUT2D eigenvalue weighted by Gasteiger charge is -2.42. The number of carboxylic acid groups (broad SMARTS) is 1. The Bertz CT molecular complexity index is 1450. The number of hydrogen-bond acceptors (Lipinski definition) is 6. The third kappa shape index (κ3) is 4.11. The molecule has 1 amide bonds. The first-order valence-electron chi connectivity index (χ1n) is 11.9. The predicted octanol–water partition coefficient (Wildman–Crippen LogP) is 4.57. The molecule has 2 heterocycles. The van der Waals surface area contributed by atoms with Crippen molar-refractivity contribution in [3.63, 3.8) is 0 Å². The summed E-state index contributed by atoms with van der Waals surface area (Å²) < 4.78 is 12.8. The van der Waals surface area contributed by atoms with Gasteiger partial charge in [-0.15, -0.1) is 0 Å². The molecule has 9 nitrogen and oxygen atoms in total. The van der Waals surface area contributed by atoms with Crippen molar-refractivity contribution in [1.29, 1.82) is 0 Å². The van der Waals surface area contributed by atoms with Gasteiger partial charge in [0.2, 0.25) is 11.7 Å². The van der Waals surface area contributed by atoms with Crippen LogP contribution in [-0.4, -0.2) is 41.0 Å². The summed E-state index contributed by atoms with van der Waals surface area (Å²) in [7, 11) is 3.28. The topological polar surface area (TPSA) is 119 Å². The van der Waals surface area contributed by atoms with Crippen molar-refractivity contribution in [3.05, 3.63) is 70.5 Å². The Balaban J connectivity index is 1.64. The molecular formula is C27H28N4O5. The minimum absolute atomic E-state index is 0.218. The number of anilines is 1. The number of furan rings is 1. The van der Waals surface area contributed by atoms with Crippen molar-refractivity contribution in [2.24, 2.45) is 7.05 Å². The molecule has 1 aliphatic rings. The minimum atomic E-state index is -1.03. The van der Waals surface area contributed by atoms with Crippen molar-refractivity contribution < 1.29 is 19.1 Å². The average molecular weight is 489 g/mol. The number of methoxy groups -OCH3 is 1. The van der Waals surface area contributed by atoms with Crippen LogP contribution in [0.25, 0.3) is 33.6 Å². The lowest BCUT2D eigenvalue weighted by Crippen LogP contribution is -2.50. The van der Waals surface area contributed by atoms with Gasteiger partial charge < -0.3 is 24.9 Å². The molecule has 5 rings (SSSR count). The van der Waals surface area contributed by atoms with Gasteiger partial charge in [-0.1, -0.05) is 54.6 Å². The fraction of sp³-hybridized carbons (Fsp3) is 0.296. The number of benzene rings is 2. The summed E-state index contributed by atoms with van der Waals surface area (Å²) in [5.41, 5.74) is 2.69. The summed E-state index contributed by atoms with van der Waals surface area (Å²) in [6.07, 6.45) is 1.47. The molecule has 0 aliphatic heterocycles. The van der Waals surface area contributed by atoms with Crippen molar-refractivity contribution >= 4 is 23.1 Å². The van der Waals surface area contributed by atoms with Crippen LogP contribution in [0.3, 0.4) is 0 Å². The molecule has 0 radical (unpaired) electrons. The molecular weight excluding hydrogens is 460 g/mol. The van der Waals surface area contributed by atoms with Crippen LogP contribution < -0.4 is 16.2 Å². The van der Waals surface area contributed by atoms with Crippen LogP contribution in [-0.2, 0) is 17.3 Å². The zero-order valence-corrected chi connectivity index (χ0v) is 20.2. The molecule has 1 aliphatic carbocycles. The lowest BCUT2D eigenvalue weighted by atomic mass is 9.72. The quantitative estimate of drug-likeness (QED) is 0.311. The number of fused-ring (bicyclic) bond motifs is 1. The molecule has 0 saturated heterocycles. The summed E-state index contributed by atoms with van der Waals surface area (Å²) in [6, 6.07) is 17.3. The first-order valence-corrected chi connectivity index (χ1v) is 11.9. The fourth-order valence-corrected chi connectivity index (χ4v) is 4.80. The van der Waals surface area contributed by atoms with Gasteiger partial charge in [0.15, 0.2) is 0 Å². The number of nitrogens with one attached hydrogen (secondary N) is 2. The molecule has 0 unspecified atom stereocenters. The summed E-state index contributed by atoms with van der Waals surface area (Å²) in [5.74, 6) is 0.932. The Hall–Kier alpha value is -4.11. The van der Waals surface area contributed by atoms with Crippen molar-refractivity contribution in [3.8, 4) is 22.5 Å². The van der Waals surface area contributed by atoms with E-state index >= 15 is 0 Å². The molecule has 36 heavy (non-hydrogen) atoms. The zero-order chi connectivity index (χ0) is 25.3. The van der Waals surface area contributed by atoms with Crippen LogP contribution in [0.5, 0.6) is 0 Å². The van der Waals surface area contributed by atoms with Gasteiger partial charge in [0.05, 0.1) is 12.1 Å². The molecule has 2 aromatic heterocycles. The van der Waals surface area contributed by atoms with Gasteiger partial charge in [-0.25, -0.2) is 4.79 Å². The van der Waals surface area contributed by atoms with Crippen LogP contribution in [0, 0.1) is 0 Å². The largest absolute Gasteiger partial charge is 0.465 e. The van der Waals surface area contributed by atoms with Gasteiger partial charge in [-0.2, -0.15) is 4.98 Å². The molecule has 2 aromatic carbocycles. The van der Waals surface area contributed by atoms with E-state index in [4.69, 9.17) is 9.15 Å². The van der Waals surface area contributed by atoms with Gasteiger partial charge in [0.1, 0.15) is 11.1 Å². The standard InChI is InChI=1S/C27H28N4O5/c1-31-24(32)21-20(17-7-4-3-5-8-17)22(36-23(21)29-25(31)28-15-16-35-2)18-9-11-19(12-10-18)27(13-6-14-27)30-26(33)34/h3-5,7-12,30H,6,13-16H2,1-2H3,(H,28,29)(H,33,34). The maximum absolute atomic E-state index is 13.5. The first-order chi connectivity index (χ1) is 17.4. The van der Waals surface area contributed by atoms with Crippen LogP contribution in [0.2, 0.25) is 0 Å². The summed E-state index contributed by atoms with van der Waals surface area (Å²) in [5, 5.41) is 15.5. The van der Waals surface area contributed by atoms with E-state index in [1.807, 2.05) is 54.6 Å². The molecule has 9 heteroatoms. The number of ether oxygens (including phenoxy) is 1. The second kappa shape index (κ2) is 9.50. The molecule has 0 spiro atoms. The Morgan fingerprint density at radius 3 is 2.47 bits per heavy atom. The van der Waals surface area contributed by atoms with E-state index in [1.54, 1.807) is 14.2 Å². The van der Waals surface area contributed by atoms with Crippen LogP contribution >= 0.6 is 0 Å². The predicted molar refractivity (Wildman–Crippen MR) is 137 cm³/mol. The number of rotatable bonds is 8. The minimum Gasteiger partial charge on any atom is -0.465 e. The van der Waals surface area contributed by atoms with Gasteiger partial charge in [0.25, 0.3) is 5.56 Å². The number of hydrogen-bond donors (Lipinski definition) is 3. The van der Waals surface area contributed by atoms with Gasteiger partial charge in [0, 0.05) is 31.8 Å². The molecule has 3 N–H and O–H groups in total. The maximum atomic E-state index is 13.5. The monoisotopic (exact) mass is 488 g/mol. The van der Waals surface area contributed by atoms with Crippen molar-refractivity contribution in [2.45, 2.75) is 24.8 Å². The van der Waals surface area contributed by atoms with E-state index in [0.29, 0.717) is 35.8 Å². The normalized spacial score (nSPS) is 14.4. The third-order valence-electron chi connectivity index (χ3n) is 6.84. The Morgan fingerprint density at radius 1 is 1.14 bits per heavy atom. The molecule has 0 atom stereocenters. The van der Waals surface area contributed by atoms with Gasteiger partial charge >= 0.3 is 6.09 Å². The highest BCUT2D eigenvalue weighted by Gasteiger charge is 2.40. The van der Waals surface area contributed by atoms with E-state index in [0.717, 1.165) is 36.0 Å². The van der Waals surface area contributed by atoms with Crippen LogP contribution in [0.15, 0.2) is 63.8 Å². The van der Waals surface area contributed by atoms with Gasteiger partial charge in [-0.05, 0) is 30.4 Å². The van der Waals surface area contributed by atoms with Crippen LogP contribution in [0.4, 0.5) is 10.7 Å². The number of aromatic nitrogens is 2. The third-order valence-corrected chi connectivity index (χ3v) is 6.84. The lowest BCUT2D eigenvalue weighted by molar-refractivity contribution is 0.144. The molecule has 0 bridgehead atoms. The second-order valence-electron chi connectivity index (χ2n) is 9.01. The first kappa shape index (κ1) is 23.6. The second-order valence-corrected chi connectivity index (χ2v) is 9.01. The van der Waals surface area contributed by atoms with E-state index in [9.17, 15) is 14.7 Å². The smallest absolute Gasteiger partial charge is 0.405 e. The Morgan fingerprint density at radius 2 is 1.86 bits per heavy atom. The van der Waals surface area contributed by atoms with E-state index in [1.165, 1.54) is 4.57 Å². The highest BCUT2D eigenvalue weighted by atomic mass is 16.5. The highest BCUT2D eigenvalue weighted by Crippen LogP contribution is 2.43. The Kier molecular flexibility index (Phi) is 6.24. The summed E-state index contributed by atoms with van der Waals surface area (Å²) in [6.45, 7) is 0.964. The molecule has 1 saturated carbocycles. The van der Waals surface area contributed by atoms with Crippen molar-refractivity contribution in [1.82, 2.24) is 14.9 Å². The highest BCUT2D eigenvalue weighted by molar-refractivity contribution is 6.00. The number of amides is 1. The fourth-order valence-electron chi connectivity index (χ4n) is 4.80. The Labute approximate surface area is 207 Å². The van der Waals surface area contributed by atoms with E-state index in [2.05, 4.69) is 15.6 Å². The molecule has 186 valence electrons. The van der Waals surface area contributed by atoms with Crippen LogP contribution in [0.1, 0.15) is 24.8 Å². The number of carbonyl (C=O) groups is 1. The van der Waals surface area contributed by atoms with E-state index in [-0.39, 0.29) is 11.3 Å². The van der Waals surface area contributed by atoms with Gasteiger partial charge in [-0.3, -0.25) is 9.36 Å².